The van der Waals surface area contributed by atoms with Gasteiger partial charge >= 0.3 is 11.9 Å². The van der Waals surface area contributed by atoms with Crippen LogP contribution in [0, 0.1) is 11.8 Å². The molecule has 2 aromatic rings. The Kier molecular flexibility index (Phi) is 3.01. The summed E-state index contributed by atoms with van der Waals surface area (Å²) in [7, 11) is 0. The van der Waals surface area contributed by atoms with E-state index in [2.05, 4.69) is 4.98 Å². The van der Waals surface area contributed by atoms with E-state index in [9.17, 15) is 19.5 Å². The van der Waals surface area contributed by atoms with Crippen LogP contribution in [0.2, 0.25) is 0 Å². The van der Waals surface area contributed by atoms with Crippen LogP contribution < -0.4 is 0 Å². The number of hydrogen-bond acceptors (Lipinski definition) is 3. The van der Waals surface area contributed by atoms with Gasteiger partial charge in [0.25, 0.3) is 0 Å². The van der Waals surface area contributed by atoms with Crippen molar-refractivity contribution in [3.05, 3.63) is 35.5 Å². The molecule has 0 radical (unpaired) electrons. The fourth-order valence-corrected chi connectivity index (χ4v) is 3.04. The van der Waals surface area contributed by atoms with Crippen molar-refractivity contribution in [3.8, 4) is 0 Å². The second-order valence-corrected chi connectivity index (χ2v) is 5.24. The summed E-state index contributed by atoms with van der Waals surface area (Å²) in [6.45, 7) is 0. The highest BCUT2D eigenvalue weighted by atomic mass is 16.4. The smallest absolute Gasteiger partial charge is 0.307 e. The van der Waals surface area contributed by atoms with E-state index in [1.807, 2.05) is 24.3 Å². The van der Waals surface area contributed by atoms with Crippen molar-refractivity contribution >= 4 is 28.6 Å². The van der Waals surface area contributed by atoms with Crippen molar-refractivity contribution in [2.75, 3.05) is 0 Å². The van der Waals surface area contributed by atoms with Crippen LogP contribution in [0.4, 0.5) is 0 Å². The number of carboxylic acid groups (broad SMARTS) is 2. The van der Waals surface area contributed by atoms with Gasteiger partial charge in [-0.15, -0.1) is 0 Å². The highest BCUT2D eigenvalue weighted by Crippen LogP contribution is 2.36. The average molecular weight is 287 g/mol. The van der Waals surface area contributed by atoms with Gasteiger partial charge in [-0.1, -0.05) is 18.2 Å². The van der Waals surface area contributed by atoms with Crippen molar-refractivity contribution in [2.45, 2.75) is 12.8 Å². The number of nitrogens with one attached hydrogen (secondary N) is 1. The molecule has 0 saturated heterocycles. The van der Waals surface area contributed by atoms with Gasteiger partial charge in [-0.25, -0.2) is 0 Å². The molecule has 1 aromatic carbocycles. The normalized spacial score (nSPS) is 21.2. The van der Waals surface area contributed by atoms with E-state index < -0.39 is 36.0 Å². The lowest BCUT2D eigenvalue weighted by Gasteiger charge is -2.26. The van der Waals surface area contributed by atoms with Gasteiger partial charge in [0.15, 0.2) is 5.78 Å². The Morgan fingerprint density at radius 3 is 2.62 bits per heavy atom. The fraction of sp³-hybridized carbons (Fsp3) is 0.267. The number of carbonyl (C=O) groups is 3. The number of aromatic amines is 1. The first-order chi connectivity index (χ1) is 9.99. The lowest BCUT2D eigenvalue weighted by atomic mass is 9.75. The third-order valence-electron chi connectivity index (χ3n) is 4.02. The summed E-state index contributed by atoms with van der Waals surface area (Å²) in [5, 5.41) is 19.1. The number of benzene rings is 1. The lowest BCUT2D eigenvalue weighted by molar-refractivity contribution is -0.144. The highest BCUT2D eigenvalue weighted by Gasteiger charge is 2.42. The summed E-state index contributed by atoms with van der Waals surface area (Å²) < 4.78 is 0. The third-order valence-corrected chi connectivity index (χ3v) is 4.02. The van der Waals surface area contributed by atoms with E-state index in [0.717, 1.165) is 10.9 Å². The third kappa shape index (κ3) is 2.08. The van der Waals surface area contributed by atoms with Crippen LogP contribution in [-0.4, -0.2) is 32.9 Å². The predicted octanol–water partition coefficient (Wildman–Crippen LogP) is 1.70. The SMILES string of the molecule is O=C(O)CC1C(=O)c2[nH]c3ccccc3c2CC1C(=O)O. The maximum atomic E-state index is 12.5. The monoisotopic (exact) mass is 287 g/mol. The molecule has 0 saturated carbocycles. The first kappa shape index (κ1) is 13.4. The summed E-state index contributed by atoms with van der Waals surface area (Å²) in [6.07, 6.45) is -0.303. The summed E-state index contributed by atoms with van der Waals surface area (Å²) in [5.74, 6) is -4.76. The predicted molar refractivity (Wildman–Crippen MR) is 73.2 cm³/mol. The van der Waals surface area contributed by atoms with Crippen LogP contribution in [0.25, 0.3) is 10.9 Å². The fourth-order valence-electron chi connectivity index (χ4n) is 3.04. The quantitative estimate of drug-likeness (QED) is 0.796. The number of para-hydroxylation sites is 1. The first-order valence-corrected chi connectivity index (χ1v) is 6.57. The minimum absolute atomic E-state index is 0.165. The minimum atomic E-state index is -1.17. The highest BCUT2D eigenvalue weighted by molar-refractivity contribution is 6.07. The van der Waals surface area contributed by atoms with Crippen LogP contribution in [-0.2, 0) is 16.0 Å². The molecule has 1 aliphatic carbocycles. The Morgan fingerprint density at radius 1 is 1.24 bits per heavy atom. The number of ketones is 1. The Balaban J connectivity index is 2.14. The molecule has 6 heteroatoms. The molecule has 3 N–H and O–H groups in total. The van der Waals surface area contributed by atoms with Crippen LogP contribution in [0.5, 0.6) is 0 Å². The topological polar surface area (TPSA) is 107 Å². The molecule has 0 bridgehead atoms. The Labute approximate surface area is 119 Å². The van der Waals surface area contributed by atoms with E-state index >= 15 is 0 Å². The Hall–Kier alpha value is -2.63. The molecular weight excluding hydrogens is 274 g/mol. The number of aliphatic carboxylic acids is 2. The van der Waals surface area contributed by atoms with Crippen molar-refractivity contribution in [1.29, 1.82) is 0 Å². The largest absolute Gasteiger partial charge is 0.481 e. The van der Waals surface area contributed by atoms with Gasteiger partial charge in [0.2, 0.25) is 0 Å². The minimum Gasteiger partial charge on any atom is -0.481 e. The average Bonchev–Trinajstić information content (AvgIpc) is 2.80. The standard InChI is InChI=1S/C15H13NO5/c17-12(18)6-9-10(15(20)21)5-8-7-3-1-2-4-11(7)16-13(8)14(9)19/h1-4,9-10,16H,5-6H2,(H,17,18)(H,20,21). The van der Waals surface area contributed by atoms with Crippen LogP contribution in [0.1, 0.15) is 22.5 Å². The first-order valence-electron chi connectivity index (χ1n) is 6.57. The van der Waals surface area contributed by atoms with Crippen molar-refractivity contribution in [2.24, 2.45) is 11.8 Å². The number of aromatic nitrogens is 1. The Morgan fingerprint density at radius 2 is 1.95 bits per heavy atom. The molecule has 21 heavy (non-hydrogen) atoms. The van der Waals surface area contributed by atoms with Crippen molar-refractivity contribution < 1.29 is 24.6 Å². The van der Waals surface area contributed by atoms with Crippen molar-refractivity contribution in [1.82, 2.24) is 4.98 Å². The van der Waals surface area contributed by atoms with E-state index in [0.29, 0.717) is 11.3 Å². The molecule has 0 amide bonds. The van der Waals surface area contributed by atoms with Crippen LogP contribution in [0.3, 0.4) is 0 Å². The molecule has 0 fully saturated rings. The molecular formula is C15H13NO5. The van der Waals surface area contributed by atoms with Crippen LogP contribution >= 0.6 is 0 Å². The number of carbonyl (C=O) groups excluding carboxylic acids is 1. The summed E-state index contributed by atoms with van der Waals surface area (Å²) >= 11 is 0. The van der Waals surface area contributed by atoms with Gasteiger partial charge in [-0.2, -0.15) is 0 Å². The van der Waals surface area contributed by atoms with E-state index in [-0.39, 0.29) is 6.42 Å². The second kappa shape index (κ2) is 4.73. The van der Waals surface area contributed by atoms with Crippen LogP contribution in [0.15, 0.2) is 24.3 Å². The van der Waals surface area contributed by atoms with E-state index in [4.69, 9.17) is 5.11 Å². The molecule has 1 aromatic heterocycles. The number of Topliss-reactive ketones (excluding diaryl/α,β-unsaturated/α-hetero) is 1. The van der Waals surface area contributed by atoms with E-state index in [1.165, 1.54) is 0 Å². The lowest BCUT2D eigenvalue weighted by Crippen LogP contribution is -2.37. The molecule has 1 heterocycles. The maximum Gasteiger partial charge on any atom is 0.307 e. The molecule has 3 rings (SSSR count). The van der Waals surface area contributed by atoms with Gasteiger partial charge in [-0.3, -0.25) is 14.4 Å². The molecule has 108 valence electrons. The number of hydrogen-bond donors (Lipinski definition) is 3. The van der Waals surface area contributed by atoms with Gasteiger partial charge in [0.1, 0.15) is 0 Å². The zero-order chi connectivity index (χ0) is 15.1. The summed E-state index contributed by atoms with van der Waals surface area (Å²) in [4.78, 5) is 37.8. The maximum absolute atomic E-state index is 12.5. The molecule has 2 atom stereocenters. The molecule has 2 unspecified atom stereocenters. The number of carboxylic acids is 2. The van der Waals surface area contributed by atoms with Gasteiger partial charge in [0.05, 0.1) is 18.0 Å². The summed E-state index contributed by atoms with van der Waals surface area (Å²) in [5.41, 5.74) is 1.78. The number of rotatable bonds is 3. The second-order valence-electron chi connectivity index (χ2n) is 5.24. The zero-order valence-corrected chi connectivity index (χ0v) is 11.0. The summed E-state index contributed by atoms with van der Waals surface area (Å²) in [6, 6.07) is 7.27. The van der Waals surface area contributed by atoms with E-state index in [1.54, 1.807) is 0 Å². The molecule has 1 aliphatic rings. The Bertz CT molecular complexity index is 761. The number of H-pyrrole nitrogens is 1. The molecule has 0 aliphatic heterocycles. The van der Waals surface area contributed by atoms with Gasteiger partial charge < -0.3 is 15.2 Å². The van der Waals surface area contributed by atoms with Crippen molar-refractivity contribution in [3.63, 3.8) is 0 Å². The van der Waals surface area contributed by atoms with Gasteiger partial charge in [0, 0.05) is 16.8 Å². The molecule has 6 nitrogen and oxygen atoms in total. The zero-order valence-electron chi connectivity index (χ0n) is 11.0. The number of fused-ring (bicyclic) bond motifs is 3. The van der Waals surface area contributed by atoms with Gasteiger partial charge in [-0.05, 0) is 18.1 Å². The molecule has 0 spiro atoms.